The van der Waals surface area contributed by atoms with Crippen LogP contribution in [0.15, 0.2) is 68.9 Å². The normalized spacial score (nSPS) is 16.3. The van der Waals surface area contributed by atoms with Crippen molar-refractivity contribution in [2.45, 2.75) is 6.92 Å². The molecular weight excluding hydrogens is 426 g/mol. The van der Waals surface area contributed by atoms with Crippen LogP contribution in [0.2, 0.25) is 5.02 Å². The number of benzene rings is 2. The predicted molar refractivity (Wildman–Crippen MR) is 118 cm³/mol. The van der Waals surface area contributed by atoms with E-state index in [1.54, 1.807) is 36.4 Å². The van der Waals surface area contributed by atoms with Crippen molar-refractivity contribution in [3.63, 3.8) is 0 Å². The molecule has 7 nitrogen and oxygen atoms in total. The Morgan fingerprint density at radius 1 is 1.20 bits per heavy atom. The fraction of sp³-hybridized carbons (Fsp3) is 0.0476. The highest BCUT2D eigenvalue weighted by Gasteiger charge is 2.24. The molecule has 150 valence electrons. The Balaban J connectivity index is 1.55. The van der Waals surface area contributed by atoms with Crippen LogP contribution in [0.1, 0.15) is 11.3 Å². The molecule has 0 radical (unpaired) electrons. The largest absolute Gasteiger partial charge is 0.457 e. The number of nitro groups is 1. The lowest BCUT2D eigenvalue weighted by Gasteiger charge is -2.00. The van der Waals surface area contributed by atoms with Gasteiger partial charge in [0, 0.05) is 28.8 Å². The fourth-order valence-electron chi connectivity index (χ4n) is 2.74. The van der Waals surface area contributed by atoms with Crippen molar-refractivity contribution in [3.8, 4) is 11.3 Å². The Morgan fingerprint density at radius 3 is 2.80 bits per heavy atom. The Kier molecular flexibility index (Phi) is 5.43. The van der Waals surface area contributed by atoms with E-state index in [2.05, 4.69) is 10.3 Å². The standard InChI is InChI=1S/C21H14ClN3O4S/c1-12-5-6-14(10-17(12)22)23-21-24-20(26)19(30-21)11-16-7-8-18(29-16)13-3-2-4-15(9-13)25(27)28/h2-11H,1H3,(H,23,24,26). The first kappa shape index (κ1) is 19.9. The van der Waals surface area contributed by atoms with Crippen molar-refractivity contribution in [1.29, 1.82) is 0 Å². The third-order valence-electron chi connectivity index (χ3n) is 4.28. The highest BCUT2D eigenvalue weighted by Crippen LogP contribution is 2.31. The lowest BCUT2D eigenvalue weighted by atomic mass is 10.1. The predicted octanol–water partition coefficient (Wildman–Crippen LogP) is 5.71. The maximum Gasteiger partial charge on any atom is 0.270 e. The summed E-state index contributed by atoms with van der Waals surface area (Å²) in [7, 11) is 0. The number of nitrogens with zero attached hydrogens (tertiary/aromatic N) is 2. The zero-order valence-corrected chi connectivity index (χ0v) is 17.2. The Morgan fingerprint density at radius 2 is 2.03 bits per heavy atom. The average Bonchev–Trinajstić information content (AvgIpc) is 3.32. The van der Waals surface area contributed by atoms with E-state index in [1.165, 1.54) is 23.9 Å². The number of rotatable bonds is 4. The van der Waals surface area contributed by atoms with E-state index in [4.69, 9.17) is 16.0 Å². The van der Waals surface area contributed by atoms with E-state index in [1.807, 2.05) is 19.1 Å². The Hall–Kier alpha value is -3.36. The van der Waals surface area contributed by atoms with Gasteiger partial charge < -0.3 is 9.73 Å². The first-order valence-electron chi connectivity index (χ1n) is 8.79. The van der Waals surface area contributed by atoms with Crippen molar-refractivity contribution >= 4 is 51.9 Å². The summed E-state index contributed by atoms with van der Waals surface area (Å²) in [6, 6.07) is 15.0. The number of amidine groups is 1. The molecule has 0 atom stereocenters. The summed E-state index contributed by atoms with van der Waals surface area (Å²) in [6.07, 6.45) is 1.60. The topological polar surface area (TPSA) is 97.7 Å². The van der Waals surface area contributed by atoms with E-state index in [9.17, 15) is 14.9 Å². The molecule has 0 unspecified atom stereocenters. The van der Waals surface area contributed by atoms with E-state index in [0.29, 0.717) is 37.9 Å². The van der Waals surface area contributed by atoms with E-state index in [-0.39, 0.29) is 11.6 Å². The highest BCUT2D eigenvalue weighted by molar-refractivity contribution is 8.18. The molecule has 2 heterocycles. The van der Waals surface area contributed by atoms with Gasteiger partial charge in [0.15, 0.2) is 5.17 Å². The molecule has 9 heteroatoms. The van der Waals surface area contributed by atoms with Gasteiger partial charge in [0.2, 0.25) is 0 Å². The molecule has 3 aromatic rings. The minimum absolute atomic E-state index is 0.0217. The summed E-state index contributed by atoms with van der Waals surface area (Å²) in [6.45, 7) is 1.90. The zero-order valence-electron chi connectivity index (χ0n) is 15.6. The van der Waals surface area contributed by atoms with Crippen molar-refractivity contribution in [2.75, 3.05) is 0 Å². The van der Waals surface area contributed by atoms with Crippen molar-refractivity contribution in [1.82, 2.24) is 5.32 Å². The molecule has 1 fully saturated rings. The first-order chi connectivity index (χ1) is 14.4. The number of halogens is 1. The van der Waals surface area contributed by atoms with Gasteiger partial charge in [-0.3, -0.25) is 14.9 Å². The number of furan rings is 1. The summed E-state index contributed by atoms with van der Waals surface area (Å²) < 4.78 is 5.75. The zero-order chi connectivity index (χ0) is 21.3. The Bertz CT molecular complexity index is 1230. The Labute approximate surface area is 180 Å². The molecule has 2 aromatic carbocycles. The van der Waals surface area contributed by atoms with Crippen LogP contribution < -0.4 is 5.32 Å². The number of aryl methyl sites for hydroxylation is 1. The summed E-state index contributed by atoms with van der Waals surface area (Å²) >= 11 is 7.31. The van der Waals surface area contributed by atoms with Gasteiger partial charge in [0.05, 0.1) is 15.5 Å². The van der Waals surface area contributed by atoms with Crippen molar-refractivity contribution in [2.24, 2.45) is 4.99 Å². The second kappa shape index (κ2) is 8.17. The molecule has 1 N–H and O–H groups in total. The molecule has 1 aliphatic rings. The van der Waals surface area contributed by atoms with Gasteiger partial charge in [0.25, 0.3) is 11.6 Å². The highest BCUT2D eigenvalue weighted by atomic mass is 35.5. The molecule has 4 rings (SSSR count). The van der Waals surface area contributed by atoms with Crippen LogP contribution in [0, 0.1) is 17.0 Å². The lowest BCUT2D eigenvalue weighted by molar-refractivity contribution is -0.384. The van der Waals surface area contributed by atoms with Crippen LogP contribution in [0.3, 0.4) is 0 Å². The number of nitro benzene ring substituents is 1. The second-order valence-corrected chi connectivity index (χ2v) is 7.86. The second-order valence-electron chi connectivity index (χ2n) is 6.42. The third kappa shape index (κ3) is 4.29. The minimum Gasteiger partial charge on any atom is -0.457 e. The number of carbonyl (C=O) groups excluding carboxylic acids is 1. The van der Waals surface area contributed by atoms with Gasteiger partial charge in [-0.05, 0) is 48.5 Å². The maximum atomic E-state index is 12.3. The number of thioether (sulfide) groups is 1. The molecular formula is C21H14ClN3O4S. The number of aliphatic imine (C=N–C) groups is 1. The smallest absolute Gasteiger partial charge is 0.270 e. The van der Waals surface area contributed by atoms with Crippen molar-refractivity contribution < 1.29 is 14.1 Å². The van der Waals surface area contributed by atoms with Crippen LogP contribution in [0.4, 0.5) is 11.4 Å². The summed E-state index contributed by atoms with van der Waals surface area (Å²) in [5, 5.41) is 14.7. The fourth-order valence-corrected chi connectivity index (χ4v) is 3.73. The van der Waals surface area contributed by atoms with Crippen LogP contribution in [0.25, 0.3) is 17.4 Å². The quantitative estimate of drug-likeness (QED) is 0.319. The molecule has 1 saturated heterocycles. The molecule has 0 saturated carbocycles. The van der Waals surface area contributed by atoms with Gasteiger partial charge in [-0.2, -0.15) is 0 Å². The van der Waals surface area contributed by atoms with Gasteiger partial charge >= 0.3 is 0 Å². The van der Waals surface area contributed by atoms with Gasteiger partial charge in [-0.25, -0.2) is 4.99 Å². The molecule has 1 aromatic heterocycles. The van der Waals surface area contributed by atoms with Crippen molar-refractivity contribution in [3.05, 3.63) is 86.0 Å². The van der Waals surface area contributed by atoms with Gasteiger partial charge in [0.1, 0.15) is 11.5 Å². The molecule has 0 aliphatic carbocycles. The number of hydrogen-bond acceptors (Lipinski definition) is 6. The molecule has 0 bridgehead atoms. The van der Waals surface area contributed by atoms with Crippen LogP contribution in [0.5, 0.6) is 0 Å². The van der Waals surface area contributed by atoms with E-state index < -0.39 is 4.92 Å². The van der Waals surface area contributed by atoms with Crippen LogP contribution >= 0.6 is 23.4 Å². The first-order valence-corrected chi connectivity index (χ1v) is 9.99. The monoisotopic (exact) mass is 439 g/mol. The van der Waals surface area contributed by atoms with Crippen LogP contribution in [-0.2, 0) is 4.79 Å². The molecule has 0 spiro atoms. The number of amides is 1. The molecule has 30 heavy (non-hydrogen) atoms. The summed E-state index contributed by atoms with van der Waals surface area (Å²) in [5.41, 5.74) is 2.14. The SMILES string of the molecule is Cc1ccc(N=C2NC(=O)C(=Cc3ccc(-c4cccc([N+](=O)[O-])c4)o3)S2)cc1Cl. The summed E-state index contributed by atoms with van der Waals surface area (Å²) in [5.74, 6) is 0.635. The van der Waals surface area contributed by atoms with Crippen LogP contribution in [-0.4, -0.2) is 16.0 Å². The lowest BCUT2D eigenvalue weighted by Crippen LogP contribution is -2.19. The number of nitrogens with one attached hydrogen (secondary N) is 1. The van der Waals surface area contributed by atoms with E-state index in [0.717, 1.165) is 5.56 Å². The third-order valence-corrected chi connectivity index (χ3v) is 5.60. The minimum atomic E-state index is -0.461. The number of carbonyl (C=O) groups is 1. The number of non-ortho nitro benzene ring substituents is 1. The maximum absolute atomic E-state index is 12.3. The van der Waals surface area contributed by atoms with Gasteiger partial charge in [-0.15, -0.1) is 0 Å². The molecule has 1 amide bonds. The number of hydrogen-bond donors (Lipinski definition) is 1. The summed E-state index contributed by atoms with van der Waals surface area (Å²) in [4.78, 5) is 27.6. The van der Waals surface area contributed by atoms with Gasteiger partial charge in [-0.1, -0.05) is 29.8 Å². The molecule has 1 aliphatic heterocycles. The average molecular weight is 440 g/mol. The van der Waals surface area contributed by atoms with E-state index >= 15 is 0 Å².